The number of nitrogens with zero attached hydrogens (tertiary/aromatic N) is 4. The van der Waals surface area contributed by atoms with Crippen molar-refractivity contribution < 1.29 is 0 Å². The van der Waals surface area contributed by atoms with Crippen LogP contribution in [0.5, 0.6) is 0 Å². The van der Waals surface area contributed by atoms with Gasteiger partial charge in [-0.3, -0.25) is 4.57 Å². The fourth-order valence-electron chi connectivity index (χ4n) is 1.74. The molecule has 0 atom stereocenters. The first-order valence-corrected chi connectivity index (χ1v) is 6.38. The van der Waals surface area contributed by atoms with Gasteiger partial charge in [0.15, 0.2) is 11.6 Å². The van der Waals surface area contributed by atoms with Crippen LogP contribution in [0.25, 0.3) is 10.2 Å². The number of rotatable bonds is 3. The molecule has 0 saturated carbocycles. The van der Waals surface area contributed by atoms with E-state index in [1.54, 1.807) is 12.3 Å². The zero-order valence-electron chi connectivity index (χ0n) is 9.78. The van der Waals surface area contributed by atoms with Crippen LogP contribution in [0, 0.1) is 0 Å². The Hall–Kier alpha value is -2.32. The zero-order chi connectivity index (χ0) is 13.2. The minimum Gasteiger partial charge on any atom is -0.308 e. The summed E-state index contributed by atoms with van der Waals surface area (Å²) in [7, 11) is 0. The molecular formula is C11H10N6OS. The standard InChI is InChI=1S/C11H10N6OS/c12-16-9-7-2-5-19-10(7)15-8(14-9)6-17-4-1-3-13-11(17)18/h1-5H,6,12H2,(H,14,15,16). The van der Waals surface area contributed by atoms with Crippen molar-refractivity contribution in [3.8, 4) is 0 Å². The molecule has 0 aliphatic rings. The third kappa shape index (κ3) is 2.18. The second-order valence-corrected chi connectivity index (χ2v) is 4.70. The molecule has 7 nitrogen and oxygen atoms in total. The van der Waals surface area contributed by atoms with Gasteiger partial charge in [0.25, 0.3) is 0 Å². The maximum atomic E-state index is 11.6. The molecule has 3 heterocycles. The number of hydrogen-bond acceptors (Lipinski definition) is 7. The van der Waals surface area contributed by atoms with E-state index >= 15 is 0 Å². The van der Waals surface area contributed by atoms with E-state index in [0.717, 1.165) is 10.2 Å². The lowest BCUT2D eigenvalue weighted by Gasteiger charge is -2.06. The highest BCUT2D eigenvalue weighted by Gasteiger charge is 2.08. The molecule has 3 aromatic heterocycles. The molecule has 0 saturated heterocycles. The summed E-state index contributed by atoms with van der Waals surface area (Å²) >= 11 is 1.50. The predicted molar refractivity (Wildman–Crippen MR) is 72.8 cm³/mol. The van der Waals surface area contributed by atoms with Crippen molar-refractivity contribution in [1.29, 1.82) is 0 Å². The Balaban J connectivity index is 2.06. The molecular weight excluding hydrogens is 264 g/mol. The lowest BCUT2D eigenvalue weighted by Crippen LogP contribution is -2.23. The van der Waals surface area contributed by atoms with Crippen molar-refractivity contribution in [2.75, 3.05) is 5.43 Å². The minimum atomic E-state index is -0.334. The lowest BCUT2D eigenvalue weighted by atomic mass is 10.4. The summed E-state index contributed by atoms with van der Waals surface area (Å²) in [4.78, 5) is 24.8. The van der Waals surface area contributed by atoms with Crippen molar-refractivity contribution >= 4 is 27.4 Å². The van der Waals surface area contributed by atoms with Crippen LogP contribution in [0.2, 0.25) is 0 Å². The number of hydrogen-bond donors (Lipinski definition) is 2. The molecule has 0 fully saturated rings. The Kier molecular flexibility index (Phi) is 2.94. The van der Waals surface area contributed by atoms with E-state index in [2.05, 4.69) is 20.4 Å². The summed E-state index contributed by atoms with van der Waals surface area (Å²) in [6, 6.07) is 3.59. The van der Waals surface area contributed by atoms with Gasteiger partial charge in [-0.2, -0.15) is 0 Å². The summed E-state index contributed by atoms with van der Waals surface area (Å²) in [5.41, 5.74) is 2.22. The molecule has 3 N–H and O–H groups in total. The van der Waals surface area contributed by atoms with E-state index in [4.69, 9.17) is 5.84 Å². The zero-order valence-corrected chi connectivity index (χ0v) is 10.6. The molecule has 96 valence electrons. The van der Waals surface area contributed by atoms with E-state index in [0.29, 0.717) is 11.6 Å². The van der Waals surface area contributed by atoms with Crippen LogP contribution in [0.4, 0.5) is 5.82 Å². The molecule has 0 aliphatic heterocycles. The first-order chi connectivity index (χ1) is 9.28. The average molecular weight is 274 g/mol. The number of aromatic nitrogens is 4. The largest absolute Gasteiger partial charge is 0.347 e. The Morgan fingerprint density at radius 3 is 3.11 bits per heavy atom. The quantitative estimate of drug-likeness (QED) is 0.535. The van der Waals surface area contributed by atoms with Crippen LogP contribution in [-0.4, -0.2) is 19.5 Å². The summed E-state index contributed by atoms with van der Waals surface area (Å²) in [5.74, 6) is 6.52. The van der Waals surface area contributed by atoms with E-state index in [1.807, 2.05) is 11.4 Å². The first-order valence-electron chi connectivity index (χ1n) is 5.50. The number of thiophene rings is 1. The summed E-state index contributed by atoms with van der Waals surface area (Å²) in [5, 5.41) is 2.79. The predicted octanol–water partition coefficient (Wildman–Crippen LogP) is 0.582. The van der Waals surface area contributed by atoms with Crippen LogP contribution in [0.3, 0.4) is 0 Å². The van der Waals surface area contributed by atoms with Gasteiger partial charge in [-0.1, -0.05) is 0 Å². The fourth-order valence-corrected chi connectivity index (χ4v) is 2.52. The Bertz CT molecular complexity index is 780. The van der Waals surface area contributed by atoms with Gasteiger partial charge >= 0.3 is 5.69 Å². The van der Waals surface area contributed by atoms with E-state index in [-0.39, 0.29) is 12.2 Å². The molecule has 0 amide bonds. The van der Waals surface area contributed by atoms with Gasteiger partial charge in [0.05, 0.1) is 11.9 Å². The topological polar surface area (TPSA) is 98.7 Å². The lowest BCUT2D eigenvalue weighted by molar-refractivity contribution is 0.694. The van der Waals surface area contributed by atoms with Crippen molar-refractivity contribution in [3.05, 3.63) is 46.2 Å². The number of anilines is 1. The number of nitrogens with one attached hydrogen (secondary N) is 1. The average Bonchev–Trinajstić information content (AvgIpc) is 2.89. The van der Waals surface area contributed by atoms with Gasteiger partial charge in [0.1, 0.15) is 4.83 Å². The molecule has 0 unspecified atom stereocenters. The summed E-state index contributed by atoms with van der Waals surface area (Å²) in [6.45, 7) is 0.259. The number of hydrazine groups is 1. The second-order valence-electron chi connectivity index (χ2n) is 3.80. The molecule has 0 radical (unpaired) electrons. The normalized spacial score (nSPS) is 10.8. The van der Waals surface area contributed by atoms with Gasteiger partial charge in [-0.05, 0) is 17.5 Å². The van der Waals surface area contributed by atoms with Gasteiger partial charge in [-0.15, -0.1) is 11.3 Å². The maximum Gasteiger partial charge on any atom is 0.347 e. The number of nitrogen functional groups attached to an aromatic ring is 1. The van der Waals surface area contributed by atoms with Crippen molar-refractivity contribution in [3.63, 3.8) is 0 Å². The van der Waals surface area contributed by atoms with Crippen LogP contribution < -0.4 is 17.0 Å². The minimum absolute atomic E-state index is 0.259. The van der Waals surface area contributed by atoms with Crippen molar-refractivity contribution in [1.82, 2.24) is 19.5 Å². The molecule has 19 heavy (non-hydrogen) atoms. The molecule has 0 aromatic carbocycles. The smallest absolute Gasteiger partial charge is 0.308 e. The fraction of sp³-hybridized carbons (Fsp3) is 0.0909. The van der Waals surface area contributed by atoms with Gasteiger partial charge in [-0.25, -0.2) is 25.6 Å². The van der Waals surface area contributed by atoms with Crippen molar-refractivity contribution in [2.45, 2.75) is 6.54 Å². The van der Waals surface area contributed by atoms with Gasteiger partial charge in [0.2, 0.25) is 0 Å². The Labute approximate surface area is 111 Å². The molecule has 0 aliphatic carbocycles. The molecule has 0 spiro atoms. The van der Waals surface area contributed by atoms with Crippen molar-refractivity contribution in [2.24, 2.45) is 5.84 Å². The summed E-state index contributed by atoms with van der Waals surface area (Å²) < 4.78 is 1.44. The third-order valence-electron chi connectivity index (χ3n) is 2.60. The van der Waals surface area contributed by atoms with E-state index in [9.17, 15) is 4.79 Å². The summed E-state index contributed by atoms with van der Waals surface area (Å²) in [6.07, 6.45) is 3.10. The van der Waals surface area contributed by atoms with E-state index < -0.39 is 0 Å². The molecule has 3 rings (SSSR count). The van der Waals surface area contributed by atoms with Crippen LogP contribution in [0.1, 0.15) is 5.82 Å². The SMILES string of the molecule is NNc1nc(Cn2cccnc2=O)nc2sccc12. The molecule has 0 bridgehead atoms. The highest BCUT2D eigenvalue weighted by atomic mass is 32.1. The van der Waals surface area contributed by atoms with Crippen LogP contribution >= 0.6 is 11.3 Å². The van der Waals surface area contributed by atoms with Crippen LogP contribution in [-0.2, 0) is 6.54 Å². The Morgan fingerprint density at radius 1 is 1.42 bits per heavy atom. The van der Waals surface area contributed by atoms with Crippen LogP contribution in [0.15, 0.2) is 34.7 Å². The van der Waals surface area contributed by atoms with E-state index in [1.165, 1.54) is 22.1 Å². The number of nitrogens with two attached hydrogens (primary N) is 1. The van der Waals surface area contributed by atoms with Gasteiger partial charge < -0.3 is 5.43 Å². The Morgan fingerprint density at radius 2 is 2.32 bits per heavy atom. The first kappa shape index (κ1) is 11.8. The number of fused-ring (bicyclic) bond motifs is 1. The van der Waals surface area contributed by atoms with Gasteiger partial charge in [0, 0.05) is 12.4 Å². The molecule has 3 aromatic rings. The highest BCUT2D eigenvalue weighted by molar-refractivity contribution is 7.16. The molecule has 8 heteroatoms. The maximum absolute atomic E-state index is 11.6. The highest BCUT2D eigenvalue weighted by Crippen LogP contribution is 2.24. The second kappa shape index (κ2) is 4.75. The third-order valence-corrected chi connectivity index (χ3v) is 3.41. The monoisotopic (exact) mass is 274 g/mol.